The van der Waals surface area contributed by atoms with Gasteiger partial charge in [0, 0.05) is 18.4 Å². The van der Waals surface area contributed by atoms with E-state index < -0.39 is 0 Å². The van der Waals surface area contributed by atoms with Crippen LogP contribution in [-0.2, 0) is 12.8 Å². The summed E-state index contributed by atoms with van der Waals surface area (Å²) in [5, 5.41) is 5.92. The van der Waals surface area contributed by atoms with Gasteiger partial charge in [-0.25, -0.2) is 4.98 Å². The van der Waals surface area contributed by atoms with Crippen molar-refractivity contribution in [3.8, 4) is 0 Å². The number of hydrogen-bond acceptors (Lipinski definition) is 3. The Morgan fingerprint density at radius 2 is 1.69 bits per heavy atom. The first-order chi connectivity index (χ1) is 14.1. The molecule has 0 bridgehead atoms. The summed E-state index contributed by atoms with van der Waals surface area (Å²) in [4.78, 5) is 30.2. The van der Waals surface area contributed by atoms with Gasteiger partial charge < -0.3 is 10.6 Å². The number of para-hydroxylation sites is 1. The van der Waals surface area contributed by atoms with Crippen molar-refractivity contribution in [2.75, 3.05) is 11.9 Å². The number of rotatable bonds is 8. The molecule has 2 amide bonds. The maximum atomic E-state index is 13.1. The van der Waals surface area contributed by atoms with E-state index in [1.807, 2.05) is 30.3 Å². The molecule has 3 rings (SSSR count). The quantitative estimate of drug-likeness (QED) is 0.563. The summed E-state index contributed by atoms with van der Waals surface area (Å²) in [7, 11) is 0. The van der Waals surface area contributed by atoms with Crippen molar-refractivity contribution in [1.29, 1.82) is 0 Å². The molecule has 29 heavy (non-hydrogen) atoms. The summed E-state index contributed by atoms with van der Waals surface area (Å²) in [6.07, 6.45) is 5.28. The Labute approximate surface area is 171 Å². The Kier molecular flexibility index (Phi) is 6.65. The average Bonchev–Trinajstić information content (AvgIpc) is 3.14. The van der Waals surface area contributed by atoms with Crippen molar-refractivity contribution in [3.63, 3.8) is 0 Å². The number of hydrogen-bond donors (Lipinski definition) is 2. The van der Waals surface area contributed by atoms with Gasteiger partial charge >= 0.3 is 0 Å². The highest BCUT2D eigenvalue weighted by molar-refractivity contribution is 6.09. The predicted molar refractivity (Wildman–Crippen MR) is 116 cm³/mol. The fourth-order valence-electron chi connectivity index (χ4n) is 3.40. The third-order valence-corrected chi connectivity index (χ3v) is 5.02. The van der Waals surface area contributed by atoms with Crippen molar-refractivity contribution in [2.45, 2.75) is 46.5 Å². The summed E-state index contributed by atoms with van der Waals surface area (Å²) in [5.41, 5.74) is 3.86. The van der Waals surface area contributed by atoms with Crippen LogP contribution in [0.3, 0.4) is 0 Å². The minimum Gasteiger partial charge on any atom is -0.349 e. The Hall–Kier alpha value is -3.15. The van der Waals surface area contributed by atoms with Gasteiger partial charge in [-0.2, -0.15) is 0 Å². The second-order valence-electron chi connectivity index (χ2n) is 6.96. The molecule has 0 atom stereocenters. The fourth-order valence-corrected chi connectivity index (χ4v) is 3.40. The molecule has 6 heteroatoms. The van der Waals surface area contributed by atoms with Gasteiger partial charge in [0.15, 0.2) is 5.69 Å². The Balaban J connectivity index is 1.96. The van der Waals surface area contributed by atoms with Crippen LogP contribution < -0.4 is 10.6 Å². The molecule has 1 aromatic carbocycles. The number of fused-ring (bicyclic) bond motifs is 1. The molecule has 0 aliphatic carbocycles. The smallest absolute Gasteiger partial charge is 0.287 e. The maximum Gasteiger partial charge on any atom is 0.287 e. The molecule has 0 saturated heterocycles. The molecule has 0 radical (unpaired) electrons. The number of nitrogens with zero attached hydrogens (tertiary/aromatic N) is 2. The molecular weight excluding hydrogens is 364 g/mol. The number of nitrogens with one attached hydrogen (secondary N) is 2. The van der Waals surface area contributed by atoms with Gasteiger partial charge in [-0.05, 0) is 42.5 Å². The molecule has 3 aromatic rings. The van der Waals surface area contributed by atoms with E-state index in [4.69, 9.17) is 0 Å². The van der Waals surface area contributed by atoms with Crippen molar-refractivity contribution in [2.24, 2.45) is 0 Å². The minimum absolute atomic E-state index is 0.223. The first kappa shape index (κ1) is 20.6. The van der Waals surface area contributed by atoms with Crippen LogP contribution >= 0.6 is 0 Å². The predicted octanol–water partition coefficient (Wildman–Crippen LogP) is 4.24. The summed E-state index contributed by atoms with van der Waals surface area (Å²) in [5.74, 6) is -0.361. The molecule has 2 aromatic heterocycles. The number of anilines is 1. The number of pyridine rings is 1. The van der Waals surface area contributed by atoms with Gasteiger partial charge in [-0.3, -0.25) is 14.0 Å². The number of aromatic nitrogens is 2. The number of amides is 2. The van der Waals surface area contributed by atoms with Gasteiger partial charge in [0.1, 0.15) is 0 Å². The zero-order valence-electron chi connectivity index (χ0n) is 17.3. The van der Waals surface area contributed by atoms with E-state index in [1.54, 1.807) is 16.7 Å². The van der Waals surface area contributed by atoms with Gasteiger partial charge in [-0.15, -0.1) is 0 Å². The molecule has 0 aliphatic heterocycles. The second kappa shape index (κ2) is 9.37. The number of benzene rings is 1. The van der Waals surface area contributed by atoms with Crippen molar-refractivity contribution < 1.29 is 9.59 Å². The van der Waals surface area contributed by atoms with Gasteiger partial charge in [-0.1, -0.05) is 51.5 Å². The highest BCUT2D eigenvalue weighted by Gasteiger charge is 2.22. The normalized spacial score (nSPS) is 10.9. The monoisotopic (exact) mass is 392 g/mol. The maximum absolute atomic E-state index is 13.1. The summed E-state index contributed by atoms with van der Waals surface area (Å²) in [6.45, 7) is 6.78. The van der Waals surface area contributed by atoms with E-state index >= 15 is 0 Å². The van der Waals surface area contributed by atoms with Crippen molar-refractivity contribution >= 4 is 23.0 Å². The summed E-state index contributed by atoms with van der Waals surface area (Å²) >= 11 is 0. The zero-order chi connectivity index (χ0) is 20.8. The van der Waals surface area contributed by atoms with E-state index in [1.165, 1.54) is 0 Å². The Bertz CT molecular complexity index is 1000. The molecule has 6 nitrogen and oxygen atoms in total. The van der Waals surface area contributed by atoms with Crippen molar-refractivity contribution in [3.05, 3.63) is 65.2 Å². The minimum atomic E-state index is -0.308. The van der Waals surface area contributed by atoms with E-state index in [0.29, 0.717) is 12.1 Å². The van der Waals surface area contributed by atoms with Crippen LogP contribution in [0.5, 0.6) is 0 Å². The molecule has 0 fully saturated rings. The molecule has 2 heterocycles. The fraction of sp³-hybridized carbons (Fsp3) is 0.348. The number of carbonyl (C=O) groups excluding carboxylic acids is 2. The number of unbranched alkanes of at least 4 members (excludes halogenated alkanes) is 1. The lowest BCUT2D eigenvalue weighted by Crippen LogP contribution is -2.26. The third kappa shape index (κ3) is 4.31. The molecule has 0 unspecified atom stereocenters. The van der Waals surface area contributed by atoms with Crippen molar-refractivity contribution in [1.82, 2.24) is 14.7 Å². The third-order valence-electron chi connectivity index (χ3n) is 5.02. The molecule has 152 valence electrons. The van der Waals surface area contributed by atoms with Crippen LogP contribution in [0.4, 0.5) is 5.69 Å². The summed E-state index contributed by atoms with van der Waals surface area (Å²) in [6, 6.07) is 11.5. The Morgan fingerprint density at radius 3 is 2.34 bits per heavy atom. The standard InChI is InChI=1S/C23H28N4O2/c1-4-7-14-24-23(29)21-25-20(18-13-8-9-15-27(18)21)22(28)26-19-16(5-2)11-10-12-17(19)6-3/h8-13,15H,4-7,14H2,1-3H3,(H,24,29)(H,26,28). The lowest BCUT2D eigenvalue weighted by atomic mass is 10.0. The Morgan fingerprint density at radius 1 is 0.966 bits per heavy atom. The van der Waals surface area contributed by atoms with Crippen LogP contribution in [-0.4, -0.2) is 27.7 Å². The van der Waals surface area contributed by atoms with Gasteiger partial charge in [0.2, 0.25) is 5.82 Å². The summed E-state index contributed by atoms with van der Waals surface area (Å²) < 4.78 is 1.67. The van der Waals surface area contributed by atoms with E-state index in [-0.39, 0.29) is 23.3 Å². The van der Waals surface area contributed by atoms with Crippen LogP contribution in [0.1, 0.15) is 65.8 Å². The SMILES string of the molecule is CCCCNC(=O)c1nc(C(=O)Nc2c(CC)cccc2CC)c2ccccn12. The van der Waals surface area contributed by atoms with E-state index in [0.717, 1.165) is 42.5 Å². The molecule has 0 saturated carbocycles. The van der Waals surface area contributed by atoms with Gasteiger partial charge in [0.25, 0.3) is 11.8 Å². The van der Waals surface area contributed by atoms with Crippen LogP contribution in [0, 0.1) is 0 Å². The van der Waals surface area contributed by atoms with Gasteiger partial charge in [0.05, 0.1) is 5.52 Å². The van der Waals surface area contributed by atoms with Crippen LogP contribution in [0.25, 0.3) is 5.52 Å². The lowest BCUT2D eigenvalue weighted by molar-refractivity contribution is 0.0942. The molecular formula is C23H28N4O2. The second-order valence-corrected chi connectivity index (χ2v) is 6.96. The zero-order valence-corrected chi connectivity index (χ0v) is 17.3. The largest absolute Gasteiger partial charge is 0.349 e. The molecule has 0 aliphatic rings. The number of aryl methyl sites for hydroxylation is 2. The van der Waals surface area contributed by atoms with E-state index in [9.17, 15) is 9.59 Å². The highest BCUT2D eigenvalue weighted by Crippen LogP contribution is 2.24. The average molecular weight is 393 g/mol. The lowest BCUT2D eigenvalue weighted by Gasteiger charge is -2.13. The number of imidazole rings is 1. The first-order valence-corrected chi connectivity index (χ1v) is 10.3. The van der Waals surface area contributed by atoms with Crippen LogP contribution in [0.2, 0.25) is 0 Å². The topological polar surface area (TPSA) is 75.5 Å². The van der Waals surface area contributed by atoms with E-state index in [2.05, 4.69) is 36.4 Å². The highest BCUT2D eigenvalue weighted by atomic mass is 16.2. The molecule has 0 spiro atoms. The molecule has 2 N–H and O–H groups in total. The van der Waals surface area contributed by atoms with Crippen LogP contribution in [0.15, 0.2) is 42.6 Å². The number of carbonyl (C=O) groups is 2. The first-order valence-electron chi connectivity index (χ1n) is 10.3.